The first-order valence-electron chi connectivity index (χ1n) is 6.05. The minimum absolute atomic E-state index is 0.357. The van der Waals surface area contributed by atoms with Gasteiger partial charge in [0.2, 0.25) is 5.95 Å². The molecule has 0 saturated heterocycles. The third-order valence-corrected chi connectivity index (χ3v) is 3.41. The monoisotopic (exact) mass is 336 g/mol. The number of nitrogens with one attached hydrogen (secondary N) is 2. The quantitative estimate of drug-likeness (QED) is 0.588. The van der Waals surface area contributed by atoms with Gasteiger partial charge in [-0.1, -0.05) is 6.07 Å². The summed E-state index contributed by atoms with van der Waals surface area (Å²) in [5, 5.41) is 3.25. The summed E-state index contributed by atoms with van der Waals surface area (Å²) in [5.41, 5.74) is 5.74. The molecular weight excluding hydrogens is 320 g/mol. The van der Waals surface area contributed by atoms with Crippen molar-refractivity contribution in [2.24, 2.45) is 5.84 Å². The molecule has 2 aromatic rings. The van der Waals surface area contributed by atoms with Gasteiger partial charge < -0.3 is 10.2 Å². The normalized spacial score (nSPS) is 10.2. The van der Waals surface area contributed by atoms with Crippen molar-refractivity contribution in [2.45, 2.75) is 6.92 Å². The molecule has 1 aromatic carbocycles. The SMILES string of the molecule is Cc1ccc(Nc2nc(NN)ncc2Br)cc1N(C)C. The van der Waals surface area contributed by atoms with Crippen LogP contribution in [0.1, 0.15) is 5.56 Å². The zero-order valence-electron chi connectivity index (χ0n) is 11.6. The van der Waals surface area contributed by atoms with Crippen molar-refractivity contribution in [3.05, 3.63) is 34.4 Å². The average molecular weight is 337 g/mol. The summed E-state index contributed by atoms with van der Waals surface area (Å²) >= 11 is 3.41. The fourth-order valence-corrected chi connectivity index (χ4v) is 2.12. The number of aryl methyl sites for hydroxylation is 1. The highest BCUT2D eigenvalue weighted by Gasteiger charge is 2.07. The van der Waals surface area contributed by atoms with Crippen LogP contribution in [0.5, 0.6) is 0 Å². The molecule has 0 bridgehead atoms. The molecule has 0 spiro atoms. The molecule has 0 radical (unpaired) electrons. The number of hydrogen-bond donors (Lipinski definition) is 3. The third-order valence-electron chi connectivity index (χ3n) is 2.83. The minimum atomic E-state index is 0.357. The van der Waals surface area contributed by atoms with Crippen LogP contribution < -0.4 is 21.5 Å². The van der Waals surface area contributed by atoms with E-state index in [2.05, 4.69) is 60.6 Å². The molecule has 1 heterocycles. The molecule has 7 heteroatoms. The lowest BCUT2D eigenvalue weighted by Crippen LogP contribution is -2.12. The number of hydrazine groups is 1. The molecule has 1 aromatic heterocycles. The van der Waals surface area contributed by atoms with Gasteiger partial charge in [0.05, 0.1) is 4.47 Å². The summed E-state index contributed by atoms with van der Waals surface area (Å²) < 4.78 is 0.767. The summed E-state index contributed by atoms with van der Waals surface area (Å²) in [6.45, 7) is 2.08. The Labute approximate surface area is 126 Å². The van der Waals surface area contributed by atoms with Crippen molar-refractivity contribution in [2.75, 3.05) is 29.7 Å². The standard InChI is InChI=1S/C13H17BrN6/c1-8-4-5-9(6-11(8)20(2)3)17-12-10(14)7-16-13(18-12)19-15/h4-7H,15H2,1-3H3,(H2,16,17,18,19). The molecule has 0 aliphatic rings. The van der Waals surface area contributed by atoms with Crippen LogP contribution in [0.25, 0.3) is 0 Å². The van der Waals surface area contributed by atoms with Gasteiger partial charge in [0.1, 0.15) is 5.82 Å². The van der Waals surface area contributed by atoms with Crippen LogP contribution in [-0.2, 0) is 0 Å². The van der Waals surface area contributed by atoms with Crippen molar-refractivity contribution in [1.29, 1.82) is 0 Å². The van der Waals surface area contributed by atoms with Gasteiger partial charge in [-0.2, -0.15) is 4.98 Å². The van der Waals surface area contributed by atoms with E-state index in [0.29, 0.717) is 11.8 Å². The lowest BCUT2D eigenvalue weighted by molar-refractivity contribution is 1.10. The number of anilines is 4. The summed E-state index contributed by atoms with van der Waals surface area (Å²) in [4.78, 5) is 10.4. The Balaban J connectivity index is 2.32. The molecule has 0 amide bonds. The van der Waals surface area contributed by atoms with E-state index in [-0.39, 0.29) is 0 Å². The van der Waals surface area contributed by atoms with Gasteiger partial charge in [0.25, 0.3) is 0 Å². The first-order valence-corrected chi connectivity index (χ1v) is 6.84. The Bertz CT molecular complexity index is 614. The molecule has 4 N–H and O–H groups in total. The minimum Gasteiger partial charge on any atom is -0.377 e. The zero-order chi connectivity index (χ0) is 14.7. The number of rotatable bonds is 4. The highest BCUT2D eigenvalue weighted by atomic mass is 79.9. The van der Waals surface area contributed by atoms with Crippen LogP contribution in [0.15, 0.2) is 28.9 Å². The number of nitrogen functional groups attached to an aromatic ring is 1. The highest BCUT2D eigenvalue weighted by molar-refractivity contribution is 9.10. The summed E-state index contributed by atoms with van der Waals surface area (Å²) in [5.74, 6) is 6.33. The van der Waals surface area contributed by atoms with Crippen molar-refractivity contribution in [1.82, 2.24) is 9.97 Å². The summed E-state index contributed by atoms with van der Waals surface area (Å²) in [6, 6.07) is 6.14. The third kappa shape index (κ3) is 3.17. The topological polar surface area (TPSA) is 79.1 Å². The predicted molar refractivity (Wildman–Crippen MR) is 86.3 cm³/mol. The van der Waals surface area contributed by atoms with Crippen LogP contribution in [-0.4, -0.2) is 24.1 Å². The van der Waals surface area contributed by atoms with Crippen molar-refractivity contribution >= 4 is 39.1 Å². The summed E-state index contributed by atoms with van der Waals surface area (Å²) in [7, 11) is 4.03. The van der Waals surface area contributed by atoms with E-state index in [9.17, 15) is 0 Å². The maximum atomic E-state index is 5.32. The van der Waals surface area contributed by atoms with Gasteiger partial charge in [-0.15, -0.1) is 0 Å². The Kier molecular flexibility index (Phi) is 4.41. The molecule has 0 saturated carbocycles. The number of nitrogens with two attached hydrogens (primary N) is 1. The highest BCUT2D eigenvalue weighted by Crippen LogP contribution is 2.27. The van der Waals surface area contributed by atoms with Crippen LogP contribution in [0, 0.1) is 6.92 Å². The first-order chi connectivity index (χ1) is 9.51. The maximum Gasteiger partial charge on any atom is 0.239 e. The van der Waals surface area contributed by atoms with Gasteiger partial charge in [0.15, 0.2) is 0 Å². The zero-order valence-corrected chi connectivity index (χ0v) is 13.2. The molecule has 2 rings (SSSR count). The lowest BCUT2D eigenvalue weighted by atomic mass is 10.1. The van der Waals surface area contributed by atoms with Gasteiger partial charge in [-0.05, 0) is 40.5 Å². The number of hydrogen-bond acceptors (Lipinski definition) is 6. The van der Waals surface area contributed by atoms with Gasteiger partial charge in [-0.25, -0.2) is 10.8 Å². The molecular formula is C13H17BrN6. The van der Waals surface area contributed by atoms with E-state index in [0.717, 1.165) is 15.8 Å². The average Bonchev–Trinajstić information content (AvgIpc) is 2.43. The Morgan fingerprint density at radius 2 is 2.05 bits per heavy atom. The van der Waals surface area contributed by atoms with E-state index in [1.807, 2.05) is 20.2 Å². The summed E-state index contributed by atoms with van der Waals surface area (Å²) in [6.07, 6.45) is 1.64. The molecule has 6 nitrogen and oxygen atoms in total. The van der Waals surface area contributed by atoms with Crippen LogP contribution in [0.4, 0.5) is 23.1 Å². The van der Waals surface area contributed by atoms with Crippen molar-refractivity contribution in [3.8, 4) is 0 Å². The van der Waals surface area contributed by atoms with Gasteiger partial charge >= 0.3 is 0 Å². The van der Waals surface area contributed by atoms with E-state index < -0.39 is 0 Å². The van der Waals surface area contributed by atoms with Crippen LogP contribution in [0.2, 0.25) is 0 Å². The number of benzene rings is 1. The van der Waals surface area contributed by atoms with Crippen molar-refractivity contribution < 1.29 is 0 Å². The van der Waals surface area contributed by atoms with Crippen LogP contribution >= 0.6 is 15.9 Å². The molecule has 0 unspecified atom stereocenters. The molecule has 0 atom stereocenters. The molecule has 20 heavy (non-hydrogen) atoms. The maximum absolute atomic E-state index is 5.32. The van der Waals surface area contributed by atoms with E-state index in [1.54, 1.807) is 6.20 Å². The fraction of sp³-hybridized carbons (Fsp3) is 0.231. The van der Waals surface area contributed by atoms with Gasteiger partial charge in [0, 0.05) is 31.7 Å². The number of halogens is 1. The van der Waals surface area contributed by atoms with Crippen LogP contribution in [0.3, 0.4) is 0 Å². The second kappa shape index (κ2) is 6.06. The molecule has 0 aliphatic carbocycles. The number of aromatic nitrogens is 2. The first kappa shape index (κ1) is 14.5. The van der Waals surface area contributed by atoms with Crippen molar-refractivity contribution in [3.63, 3.8) is 0 Å². The fourth-order valence-electron chi connectivity index (χ4n) is 1.83. The second-order valence-electron chi connectivity index (χ2n) is 4.56. The smallest absolute Gasteiger partial charge is 0.239 e. The van der Waals surface area contributed by atoms with Gasteiger partial charge in [-0.3, -0.25) is 5.43 Å². The Morgan fingerprint density at radius 3 is 2.70 bits per heavy atom. The number of nitrogens with zero attached hydrogens (tertiary/aromatic N) is 3. The Hall–Kier alpha value is -1.86. The predicted octanol–water partition coefficient (Wildman–Crippen LogP) is 2.64. The molecule has 106 valence electrons. The molecule has 0 fully saturated rings. The lowest BCUT2D eigenvalue weighted by Gasteiger charge is -2.17. The largest absolute Gasteiger partial charge is 0.377 e. The van der Waals surface area contributed by atoms with E-state index in [4.69, 9.17) is 5.84 Å². The molecule has 0 aliphatic heterocycles. The van der Waals surface area contributed by atoms with E-state index in [1.165, 1.54) is 5.56 Å². The van der Waals surface area contributed by atoms with E-state index >= 15 is 0 Å². The Morgan fingerprint density at radius 1 is 1.30 bits per heavy atom. The second-order valence-corrected chi connectivity index (χ2v) is 5.41.